The fraction of sp³-hybridized carbons (Fsp3) is 0.650. The molecule has 1 aromatic heterocycles. The minimum absolute atomic E-state index is 0.00360. The van der Waals surface area contributed by atoms with E-state index < -0.39 is 41.0 Å². The zero-order valence-corrected chi connectivity index (χ0v) is 30.8. The van der Waals surface area contributed by atoms with Crippen LogP contribution in [-0.2, 0) is 30.6 Å². The van der Waals surface area contributed by atoms with E-state index in [4.69, 9.17) is 4.74 Å². The van der Waals surface area contributed by atoms with Gasteiger partial charge < -0.3 is 14.7 Å². The van der Waals surface area contributed by atoms with Gasteiger partial charge in [0.25, 0.3) is 0 Å². The molecule has 2 aromatic rings. The van der Waals surface area contributed by atoms with E-state index in [-0.39, 0.29) is 67.6 Å². The van der Waals surface area contributed by atoms with E-state index in [1.807, 2.05) is 73.6 Å². The topological polar surface area (TPSA) is 131 Å². The zero-order valence-electron chi connectivity index (χ0n) is 30.8. The summed E-state index contributed by atoms with van der Waals surface area (Å²) in [6.07, 6.45) is 3.12. The smallest absolute Gasteiger partial charge is 0.227 e. The number of hydrogen-bond donors (Lipinski definition) is 1. The number of Topliss-reactive ketones (excluding diaryl/α,β-unsaturated/α-hetero) is 4. The quantitative estimate of drug-likeness (QED) is 0.193. The molecule has 0 radical (unpaired) electrons. The minimum atomic E-state index is -0.872. The fourth-order valence-corrected chi connectivity index (χ4v) is 7.00. The molecule has 4 atom stereocenters. The van der Waals surface area contributed by atoms with Crippen LogP contribution in [0, 0.1) is 35.5 Å². The van der Waals surface area contributed by atoms with Crippen LogP contribution in [0.2, 0.25) is 0 Å². The molecule has 2 aliphatic rings. The van der Waals surface area contributed by atoms with Crippen molar-refractivity contribution in [1.29, 1.82) is 0 Å². The number of aromatic nitrogens is 1. The number of hydrogen-bond acceptors (Lipinski definition) is 8. The number of carbonyl (C=O) groups excluding carboxylic acids is 5. The predicted octanol–water partition coefficient (Wildman–Crippen LogP) is 6.76. The molecule has 0 spiro atoms. The molecule has 2 fully saturated rings. The predicted molar refractivity (Wildman–Crippen MR) is 189 cm³/mol. The highest BCUT2D eigenvalue weighted by Gasteiger charge is 2.46. The van der Waals surface area contributed by atoms with Crippen LogP contribution < -0.4 is 4.74 Å². The van der Waals surface area contributed by atoms with Crippen molar-refractivity contribution in [2.75, 3.05) is 6.54 Å². The molecule has 268 valence electrons. The maximum Gasteiger partial charge on any atom is 0.227 e. The van der Waals surface area contributed by atoms with Gasteiger partial charge >= 0.3 is 0 Å². The van der Waals surface area contributed by atoms with Crippen LogP contribution in [0.25, 0.3) is 10.8 Å². The van der Waals surface area contributed by atoms with Crippen molar-refractivity contribution >= 4 is 39.8 Å². The summed E-state index contributed by atoms with van der Waals surface area (Å²) in [5.41, 5.74) is 0.685. The van der Waals surface area contributed by atoms with E-state index in [0.717, 1.165) is 34.9 Å². The number of likely N-dealkylation sites (tertiary alicyclic amines) is 1. The number of amides is 1. The summed E-state index contributed by atoms with van der Waals surface area (Å²) in [5, 5.41) is 11.3. The highest BCUT2D eigenvalue weighted by atomic mass is 16.5. The summed E-state index contributed by atoms with van der Waals surface area (Å²) in [6.45, 7) is 15.6. The van der Waals surface area contributed by atoms with Crippen LogP contribution in [0.5, 0.6) is 5.88 Å². The normalized spacial score (nSPS) is 19.5. The van der Waals surface area contributed by atoms with Gasteiger partial charge in [-0.15, -0.1) is 0 Å². The molecule has 9 heteroatoms. The number of aliphatic hydroxyl groups is 1. The average molecular weight is 677 g/mol. The molecule has 9 nitrogen and oxygen atoms in total. The van der Waals surface area contributed by atoms with Gasteiger partial charge in [-0.25, -0.2) is 4.98 Å². The molecule has 1 aliphatic heterocycles. The lowest BCUT2D eigenvalue weighted by molar-refractivity contribution is -0.146. The monoisotopic (exact) mass is 676 g/mol. The number of ketones is 4. The van der Waals surface area contributed by atoms with Gasteiger partial charge in [0, 0.05) is 55.0 Å². The molecule has 1 N–H and O–H groups in total. The first-order valence-electron chi connectivity index (χ1n) is 18.0. The number of ether oxygens (including phenoxy) is 1. The van der Waals surface area contributed by atoms with E-state index >= 15 is 0 Å². The summed E-state index contributed by atoms with van der Waals surface area (Å²) >= 11 is 0. The van der Waals surface area contributed by atoms with Crippen LogP contribution in [0.3, 0.4) is 0 Å². The van der Waals surface area contributed by atoms with Gasteiger partial charge in [0.2, 0.25) is 17.6 Å². The summed E-state index contributed by atoms with van der Waals surface area (Å²) < 4.78 is 6.50. The zero-order chi connectivity index (χ0) is 36.3. The Balaban J connectivity index is 1.65. The number of nitrogens with zero attached hydrogens (tertiary/aromatic N) is 2. The number of benzene rings is 1. The standard InChI is InChI=1S/C40H56N2O7/c1-9-10-27(36(47)35(46)17-25-11-12-25)18-34(45)33-20-30(49-37-31-14-13-26(23-43)16-28(31)15-24(2)41-37)22-42(33)38(48)32(40(6,7)8)19-29(44)21-39(3,4)5/h13-16,25,27,30,32-33,43H,9-12,17-23H2,1-8H3/t27-,30-,32-,33+/m1/s1. The second-order valence-electron chi connectivity index (χ2n) is 16.8. The number of aryl methyl sites for hydroxylation is 1. The molecule has 4 rings (SSSR count). The van der Waals surface area contributed by atoms with Crippen LogP contribution in [0.4, 0.5) is 0 Å². The highest BCUT2D eigenvalue weighted by molar-refractivity contribution is 6.38. The van der Waals surface area contributed by atoms with Crippen molar-refractivity contribution in [3.05, 3.63) is 35.5 Å². The second kappa shape index (κ2) is 15.6. The van der Waals surface area contributed by atoms with E-state index in [2.05, 4.69) is 4.98 Å². The van der Waals surface area contributed by atoms with Gasteiger partial charge in [-0.05, 0) is 72.1 Å². The lowest BCUT2D eigenvalue weighted by Gasteiger charge is -2.35. The molecular weight excluding hydrogens is 620 g/mol. The van der Waals surface area contributed by atoms with Crippen molar-refractivity contribution in [3.8, 4) is 5.88 Å². The van der Waals surface area contributed by atoms with E-state index in [9.17, 15) is 29.1 Å². The van der Waals surface area contributed by atoms with Crippen molar-refractivity contribution in [1.82, 2.24) is 9.88 Å². The van der Waals surface area contributed by atoms with Gasteiger partial charge in [-0.1, -0.05) is 61.0 Å². The Morgan fingerprint density at radius 1 is 1.02 bits per heavy atom. The molecule has 2 heterocycles. The Morgan fingerprint density at radius 2 is 1.71 bits per heavy atom. The fourth-order valence-electron chi connectivity index (χ4n) is 7.00. The van der Waals surface area contributed by atoms with Crippen LogP contribution >= 0.6 is 0 Å². The van der Waals surface area contributed by atoms with Crippen LogP contribution in [-0.4, -0.2) is 62.7 Å². The highest BCUT2D eigenvalue weighted by Crippen LogP contribution is 2.37. The third kappa shape index (κ3) is 10.3. The number of fused-ring (bicyclic) bond motifs is 1. The molecule has 49 heavy (non-hydrogen) atoms. The van der Waals surface area contributed by atoms with Crippen molar-refractivity contribution in [2.45, 2.75) is 132 Å². The molecule has 0 unspecified atom stereocenters. The first-order chi connectivity index (χ1) is 22.9. The van der Waals surface area contributed by atoms with Crippen molar-refractivity contribution in [3.63, 3.8) is 0 Å². The van der Waals surface area contributed by atoms with Gasteiger partial charge in [0.05, 0.1) is 19.2 Å². The first kappa shape index (κ1) is 38.3. The maximum absolute atomic E-state index is 14.5. The molecule has 1 saturated carbocycles. The van der Waals surface area contributed by atoms with Gasteiger partial charge in [-0.3, -0.25) is 24.0 Å². The van der Waals surface area contributed by atoms with E-state index in [1.54, 1.807) is 11.0 Å². The van der Waals surface area contributed by atoms with Gasteiger partial charge in [0.15, 0.2) is 11.6 Å². The number of aliphatic hydroxyl groups excluding tert-OH is 1. The SMILES string of the molecule is CCC[C@H](CC(=O)[C@@H]1C[C@@H](Oc2nc(C)cc3cc(CO)ccc23)CN1C(=O)[C@@H](CC(=O)CC(C)(C)C)C(C)(C)C)C(=O)C(=O)CC1CC1. The Morgan fingerprint density at radius 3 is 2.31 bits per heavy atom. The first-order valence-corrected chi connectivity index (χ1v) is 18.0. The second-order valence-corrected chi connectivity index (χ2v) is 16.8. The molecule has 1 aliphatic carbocycles. The van der Waals surface area contributed by atoms with E-state index in [0.29, 0.717) is 25.1 Å². The molecular formula is C40H56N2O7. The summed E-state index contributed by atoms with van der Waals surface area (Å²) in [6, 6.07) is 6.57. The lowest BCUT2D eigenvalue weighted by atomic mass is 9.75. The number of carbonyl (C=O) groups is 5. The Labute approximate surface area is 291 Å². The summed E-state index contributed by atoms with van der Waals surface area (Å²) in [4.78, 5) is 74.3. The maximum atomic E-state index is 14.5. The van der Waals surface area contributed by atoms with Gasteiger partial charge in [-0.2, -0.15) is 0 Å². The van der Waals surface area contributed by atoms with Crippen LogP contribution in [0.15, 0.2) is 24.3 Å². The third-order valence-corrected chi connectivity index (χ3v) is 9.77. The number of rotatable bonds is 16. The summed E-state index contributed by atoms with van der Waals surface area (Å²) in [7, 11) is 0. The molecule has 1 amide bonds. The van der Waals surface area contributed by atoms with Gasteiger partial charge in [0.1, 0.15) is 11.9 Å². The minimum Gasteiger partial charge on any atom is -0.472 e. The Kier molecular flexibility index (Phi) is 12.2. The summed E-state index contributed by atoms with van der Waals surface area (Å²) in [5.74, 6) is -2.18. The Hall–Kier alpha value is -3.46. The molecule has 0 bridgehead atoms. The van der Waals surface area contributed by atoms with Crippen molar-refractivity contribution < 1.29 is 33.8 Å². The van der Waals surface area contributed by atoms with E-state index in [1.165, 1.54) is 0 Å². The molecule has 1 aromatic carbocycles. The third-order valence-electron chi connectivity index (χ3n) is 9.77. The molecule has 1 saturated heterocycles. The van der Waals surface area contributed by atoms with Crippen LogP contribution in [0.1, 0.15) is 118 Å². The average Bonchev–Trinajstić information content (AvgIpc) is 3.72. The van der Waals surface area contributed by atoms with Crippen molar-refractivity contribution in [2.24, 2.45) is 28.6 Å². The lowest BCUT2D eigenvalue weighted by Crippen LogP contribution is -2.48. The Bertz CT molecular complexity index is 1560. The number of pyridine rings is 1. The largest absolute Gasteiger partial charge is 0.472 e.